The third kappa shape index (κ3) is 4.19. The minimum absolute atomic E-state index is 0.0789. The normalized spacial score (nSPS) is 14.8. The first-order chi connectivity index (χ1) is 12.9. The van der Waals surface area contributed by atoms with E-state index >= 15 is 0 Å². The van der Waals surface area contributed by atoms with Crippen LogP contribution in [0.1, 0.15) is 35.5 Å². The van der Waals surface area contributed by atoms with Crippen molar-refractivity contribution >= 4 is 11.8 Å². The van der Waals surface area contributed by atoms with E-state index in [1.165, 1.54) is 6.92 Å². The summed E-state index contributed by atoms with van der Waals surface area (Å²) in [6.45, 7) is 5.76. The quantitative estimate of drug-likeness (QED) is 0.867. The minimum Gasteiger partial charge on any atom is -0.351 e. The summed E-state index contributed by atoms with van der Waals surface area (Å²) in [5.74, 6) is 0.0231. The predicted octanol–water partition coefficient (Wildman–Crippen LogP) is 1.47. The van der Waals surface area contributed by atoms with E-state index in [0.29, 0.717) is 26.2 Å². The lowest BCUT2D eigenvalue weighted by Crippen LogP contribution is -2.44. The van der Waals surface area contributed by atoms with Gasteiger partial charge in [0.1, 0.15) is 6.04 Å². The van der Waals surface area contributed by atoms with Gasteiger partial charge >= 0.3 is 0 Å². The van der Waals surface area contributed by atoms with Gasteiger partial charge in [-0.1, -0.05) is 24.3 Å². The predicted molar refractivity (Wildman–Crippen MR) is 103 cm³/mol. The molecule has 2 aromatic rings. The fourth-order valence-electron chi connectivity index (χ4n) is 3.51. The van der Waals surface area contributed by atoms with E-state index in [-0.39, 0.29) is 17.9 Å². The van der Waals surface area contributed by atoms with Gasteiger partial charge in [-0.2, -0.15) is 5.10 Å². The summed E-state index contributed by atoms with van der Waals surface area (Å²) in [6, 6.07) is 9.70. The SMILES string of the molecule is CC(=O)NCc1cc2n(n1)CCN(C(=O)[C@H](c1ccccc1C)N(C)C)C2. The first-order valence-corrected chi connectivity index (χ1v) is 9.17. The summed E-state index contributed by atoms with van der Waals surface area (Å²) in [7, 11) is 3.88. The Bertz CT molecular complexity index is 843. The molecule has 1 aromatic carbocycles. The molecule has 2 amide bonds. The maximum atomic E-state index is 13.3. The molecule has 0 bridgehead atoms. The molecule has 0 saturated carbocycles. The largest absolute Gasteiger partial charge is 0.351 e. The lowest BCUT2D eigenvalue weighted by Gasteiger charge is -2.34. The van der Waals surface area contributed by atoms with E-state index in [9.17, 15) is 9.59 Å². The molecule has 0 aliphatic carbocycles. The fraction of sp³-hybridized carbons (Fsp3) is 0.450. The molecule has 1 aliphatic heterocycles. The molecule has 1 aliphatic rings. The monoisotopic (exact) mass is 369 g/mol. The summed E-state index contributed by atoms with van der Waals surface area (Å²) < 4.78 is 1.93. The number of benzene rings is 1. The molecule has 27 heavy (non-hydrogen) atoms. The highest BCUT2D eigenvalue weighted by Gasteiger charge is 2.31. The second-order valence-corrected chi connectivity index (χ2v) is 7.24. The third-order valence-electron chi connectivity index (χ3n) is 4.91. The molecular weight excluding hydrogens is 342 g/mol. The Labute approximate surface area is 159 Å². The molecule has 144 valence electrons. The maximum Gasteiger partial charge on any atom is 0.244 e. The highest BCUT2D eigenvalue weighted by molar-refractivity contribution is 5.83. The van der Waals surface area contributed by atoms with Crippen LogP contribution in [0.15, 0.2) is 30.3 Å². The Morgan fingerprint density at radius 2 is 2.00 bits per heavy atom. The van der Waals surface area contributed by atoms with Crippen molar-refractivity contribution in [2.45, 2.75) is 39.5 Å². The summed E-state index contributed by atoms with van der Waals surface area (Å²) in [5.41, 5.74) is 3.97. The van der Waals surface area contributed by atoms with Crippen LogP contribution in [0.4, 0.5) is 0 Å². The van der Waals surface area contributed by atoms with Crippen LogP contribution in [0.2, 0.25) is 0 Å². The molecule has 2 heterocycles. The van der Waals surface area contributed by atoms with Crippen molar-refractivity contribution in [1.29, 1.82) is 0 Å². The number of hydrogen-bond donors (Lipinski definition) is 1. The van der Waals surface area contributed by atoms with Gasteiger partial charge in [0.05, 0.1) is 31.0 Å². The Morgan fingerprint density at radius 1 is 1.26 bits per heavy atom. The molecule has 0 radical (unpaired) electrons. The number of likely N-dealkylation sites (N-methyl/N-ethyl adjacent to an activating group) is 1. The summed E-state index contributed by atoms with van der Waals surface area (Å²) in [6.07, 6.45) is 0. The van der Waals surface area contributed by atoms with Gasteiger partial charge in [-0.3, -0.25) is 19.2 Å². The summed E-state index contributed by atoms with van der Waals surface area (Å²) in [5, 5.41) is 7.29. The Hall–Kier alpha value is -2.67. The molecule has 1 aromatic heterocycles. The Morgan fingerprint density at radius 3 is 2.67 bits per heavy atom. The van der Waals surface area contributed by atoms with Gasteiger partial charge < -0.3 is 10.2 Å². The lowest BCUT2D eigenvalue weighted by atomic mass is 9.99. The topological polar surface area (TPSA) is 70.5 Å². The fourth-order valence-corrected chi connectivity index (χ4v) is 3.51. The molecular formula is C20H27N5O2. The zero-order chi connectivity index (χ0) is 19.6. The van der Waals surface area contributed by atoms with Gasteiger partial charge in [-0.25, -0.2) is 0 Å². The van der Waals surface area contributed by atoms with Crippen molar-refractivity contribution in [2.24, 2.45) is 0 Å². The van der Waals surface area contributed by atoms with Gasteiger partial charge in [0.25, 0.3) is 0 Å². The second kappa shape index (κ2) is 7.92. The number of nitrogens with one attached hydrogen (secondary N) is 1. The minimum atomic E-state index is -0.306. The first-order valence-electron chi connectivity index (χ1n) is 9.17. The van der Waals surface area contributed by atoms with E-state index in [0.717, 1.165) is 22.5 Å². The van der Waals surface area contributed by atoms with Gasteiger partial charge in [0.2, 0.25) is 11.8 Å². The third-order valence-corrected chi connectivity index (χ3v) is 4.91. The van der Waals surface area contributed by atoms with Crippen LogP contribution < -0.4 is 5.32 Å². The van der Waals surface area contributed by atoms with Crippen molar-refractivity contribution in [2.75, 3.05) is 20.6 Å². The zero-order valence-corrected chi connectivity index (χ0v) is 16.4. The lowest BCUT2D eigenvalue weighted by molar-refractivity contribution is -0.138. The number of amides is 2. The van der Waals surface area contributed by atoms with E-state index in [1.54, 1.807) is 0 Å². The van der Waals surface area contributed by atoms with Crippen LogP contribution >= 0.6 is 0 Å². The number of nitrogens with zero attached hydrogens (tertiary/aromatic N) is 4. The molecule has 0 saturated heterocycles. The standard InChI is InChI=1S/C20H27N5O2/c1-14-7-5-6-8-18(14)19(23(3)4)20(27)24-9-10-25-17(13-24)11-16(22-25)12-21-15(2)26/h5-8,11,19H,9-10,12-13H2,1-4H3,(H,21,26)/t19-/m0/s1. The summed E-state index contributed by atoms with van der Waals surface area (Å²) in [4.78, 5) is 28.3. The number of carbonyl (C=O) groups excluding carboxylic acids is 2. The van der Waals surface area contributed by atoms with Crippen molar-refractivity contribution in [3.05, 3.63) is 52.8 Å². The van der Waals surface area contributed by atoms with Crippen LogP contribution in [0.25, 0.3) is 0 Å². The van der Waals surface area contributed by atoms with Crippen molar-refractivity contribution < 1.29 is 9.59 Å². The molecule has 7 nitrogen and oxygen atoms in total. The van der Waals surface area contributed by atoms with Gasteiger partial charge in [-0.15, -0.1) is 0 Å². The molecule has 0 fully saturated rings. The van der Waals surface area contributed by atoms with Crippen molar-refractivity contribution in [1.82, 2.24) is 24.9 Å². The number of aryl methyl sites for hydroxylation is 1. The number of fused-ring (bicyclic) bond motifs is 1. The maximum absolute atomic E-state index is 13.3. The van der Waals surface area contributed by atoms with Gasteiger partial charge in [-0.05, 0) is 38.2 Å². The van der Waals surface area contributed by atoms with Crippen LogP contribution in [0, 0.1) is 6.92 Å². The number of hydrogen-bond acceptors (Lipinski definition) is 4. The van der Waals surface area contributed by atoms with Gasteiger partial charge in [0, 0.05) is 13.5 Å². The first kappa shape index (κ1) is 19.1. The highest BCUT2D eigenvalue weighted by Crippen LogP contribution is 2.26. The molecule has 1 atom stereocenters. The molecule has 7 heteroatoms. The second-order valence-electron chi connectivity index (χ2n) is 7.24. The van der Waals surface area contributed by atoms with Crippen LogP contribution in [-0.2, 0) is 29.2 Å². The molecule has 0 unspecified atom stereocenters. The Balaban J connectivity index is 1.78. The average Bonchev–Trinajstić information content (AvgIpc) is 3.03. The van der Waals surface area contributed by atoms with E-state index in [4.69, 9.17) is 0 Å². The van der Waals surface area contributed by atoms with E-state index in [2.05, 4.69) is 10.4 Å². The van der Waals surface area contributed by atoms with E-state index < -0.39 is 0 Å². The van der Waals surface area contributed by atoms with Crippen LogP contribution in [0.3, 0.4) is 0 Å². The summed E-state index contributed by atoms with van der Waals surface area (Å²) >= 11 is 0. The highest BCUT2D eigenvalue weighted by atomic mass is 16.2. The smallest absolute Gasteiger partial charge is 0.244 e. The molecule has 1 N–H and O–H groups in total. The van der Waals surface area contributed by atoms with E-state index in [1.807, 2.05) is 65.8 Å². The Kier molecular flexibility index (Phi) is 5.60. The van der Waals surface area contributed by atoms with Crippen LogP contribution in [0.5, 0.6) is 0 Å². The van der Waals surface area contributed by atoms with Crippen molar-refractivity contribution in [3.63, 3.8) is 0 Å². The number of aromatic nitrogens is 2. The van der Waals surface area contributed by atoms with Crippen LogP contribution in [-0.4, -0.2) is 52.0 Å². The van der Waals surface area contributed by atoms with Gasteiger partial charge in [0.15, 0.2) is 0 Å². The number of rotatable bonds is 5. The molecule has 3 rings (SSSR count). The average molecular weight is 369 g/mol. The van der Waals surface area contributed by atoms with Crippen molar-refractivity contribution in [3.8, 4) is 0 Å². The molecule has 0 spiro atoms. The zero-order valence-electron chi connectivity index (χ0n) is 16.4. The number of carbonyl (C=O) groups is 2.